The van der Waals surface area contributed by atoms with Gasteiger partial charge in [-0.3, -0.25) is 4.90 Å². The lowest BCUT2D eigenvalue weighted by atomic mass is 10.2. The van der Waals surface area contributed by atoms with E-state index in [1.165, 1.54) is 0 Å². The van der Waals surface area contributed by atoms with Crippen molar-refractivity contribution >= 4 is 25.6 Å². The van der Waals surface area contributed by atoms with Crippen LogP contribution in [0.3, 0.4) is 0 Å². The fraction of sp³-hybridized carbons (Fsp3) is 0.538. The molecule has 1 aromatic carbocycles. The number of aryl methyl sites for hydroxylation is 1. The number of benzene rings is 1. The Bertz CT molecular complexity index is 424. The first-order valence-corrected chi connectivity index (χ1v) is 8.70. The lowest BCUT2D eigenvalue weighted by Crippen LogP contribution is -2.62. The summed E-state index contributed by atoms with van der Waals surface area (Å²) in [5.41, 5.74) is 1.10. The van der Waals surface area contributed by atoms with E-state index in [9.17, 15) is 0 Å². The fourth-order valence-corrected chi connectivity index (χ4v) is 5.50. The van der Waals surface area contributed by atoms with Gasteiger partial charge in [-0.05, 0) is 24.6 Å². The minimum atomic E-state index is -2.78. The molecule has 6 heteroatoms. The zero-order chi connectivity index (χ0) is 13.3. The number of fused-ring (bicyclic) bond motifs is 6. The van der Waals surface area contributed by atoms with Crippen molar-refractivity contribution in [3.8, 4) is 0 Å². The highest BCUT2D eigenvalue weighted by molar-refractivity contribution is 6.75. The molecule has 2 bridgehead atoms. The molecule has 3 aliphatic heterocycles. The van der Waals surface area contributed by atoms with E-state index < -0.39 is 8.80 Å². The molecule has 0 radical (unpaired) electrons. The van der Waals surface area contributed by atoms with E-state index in [2.05, 4.69) is 11.0 Å². The summed E-state index contributed by atoms with van der Waals surface area (Å²) in [4.78, 5) is 2.31. The second-order valence-corrected chi connectivity index (χ2v) is 7.95. The monoisotopic (exact) mass is 299 g/mol. The summed E-state index contributed by atoms with van der Waals surface area (Å²) < 4.78 is 18.1. The third kappa shape index (κ3) is 2.86. The molecule has 0 unspecified atom stereocenters. The first-order valence-electron chi connectivity index (χ1n) is 6.60. The molecule has 0 saturated carbocycles. The molecule has 0 spiro atoms. The van der Waals surface area contributed by atoms with Gasteiger partial charge < -0.3 is 13.3 Å². The van der Waals surface area contributed by atoms with Crippen LogP contribution in [0.5, 0.6) is 0 Å². The Morgan fingerprint density at radius 2 is 1.58 bits per heavy atom. The van der Waals surface area contributed by atoms with Gasteiger partial charge in [-0.15, -0.1) is 0 Å². The van der Waals surface area contributed by atoms with Crippen LogP contribution in [0.15, 0.2) is 18.2 Å². The van der Waals surface area contributed by atoms with E-state index >= 15 is 0 Å². The number of hydrogen-bond acceptors (Lipinski definition) is 4. The van der Waals surface area contributed by atoms with Crippen LogP contribution < -0.4 is 5.19 Å². The third-order valence-corrected chi connectivity index (χ3v) is 6.46. The maximum atomic E-state index is 6.16. The van der Waals surface area contributed by atoms with E-state index in [-0.39, 0.29) is 0 Å². The van der Waals surface area contributed by atoms with E-state index in [1.807, 2.05) is 19.1 Å². The second kappa shape index (κ2) is 5.52. The summed E-state index contributed by atoms with van der Waals surface area (Å²) >= 11 is 6.16. The largest absolute Gasteiger partial charge is 0.537 e. The first kappa shape index (κ1) is 13.5. The lowest BCUT2D eigenvalue weighted by molar-refractivity contribution is 0.00140. The molecule has 3 heterocycles. The van der Waals surface area contributed by atoms with Crippen molar-refractivity contribution in [3.05, 3.63) is 28.8 Å². The molecule has 0 N–H and O–H groups in total. The van der Waals surface area contributed by atoms with Crippen molar-refractivity contribution in [2.75, 3.05) is 39.5 Å². The molecule has 0 aliphatic carbocycles. The highest BCUT2D eigenvalue weighted by Crippen LogP contribution is 2.19. The second-order valence-electron chi connectivity index (χ2n) is 4.96. The molecule has 3 saturated heterocycles. The van der Waals surface area contributed by atoms with Crippen LogP contribution in [0.1, 0.15) is 5.56 Å². The standard InChI is InChI=1S/C13H18ClNO3Si/c1-11-8-12(14)10-13(9-11)19-16-5-2-15(3-6-17-19)4-7-18-19/h8-10H,2-7H2,1H3. The van der Waals surface area contributed by atoms with Crippen LogP contribution in [0.2, 0.25) is 5.02 Å². The van der Waals surface area contributed by atoms with Gasteiger partial charge in [-0.2, -0.15) is 0 Å². The Labute approximate surface area is 119 Å². The molecule has 0 amide bonds. The van der Waals surface area contributed by atoms with Gasteiger partial charge in [0, 0.05) is 29.8 Å². The minimum absolute atomic E-state index is 0.651. The molecule has 0 atom stereocenters. The Morgan fingerprint density at radius 1 is 1.00 bits per heavy atom. The van der Waals surface area contributed by atoms with E-state index in [0.717, 1.165) is 30.4 Å². The van der Waals surface area contributed by atoms with Crippen LogP contribution in [0.4, 0.5) is 0 Å². The molecular formula is C13H18ClNO3Si. The first-order chi connectivity index (χ1) is 9.18. The van der Waals surface area contributed by atoms with Crippen LogP contribution in [-0.2, 0) is 13.3 Å². The SMILES string of the molecule is Cc1cc(Cl)cc([Si]23OCCN(CCO2)CCO3)c1. The lowest BCUT2D eigenvalue weighted by Gasteiger charge is -2.38. The topological polar surface area (TPSA) is 30.9 Å². The predicted octanol–water partition coefficient (Wildman–Crippen LogP) is 1.17. The Balaban J connectivity index is 1.97. The van der Waals surface area contributed by atoms with Crippen molar-refractivity contribution in [3.63, 3.8) is 0 Å². The normalized spacial score (nSPS) is 31.6. The summed E-state index contributed by atoms with van der Waals surface area (Å²) in [5, 5.41) is 1.69. The van der Waals surface area contributed by atoms with Crippen LogP contribution in [0, 0.1) is 6.92 Å². The van der Waals surface area contributed by atoms with Crippen molar-refractivity contribution in [2.24, 2.45) is 0 Å². The molecule has 4 nitrogen and oxygen atoms in total. The fourth-order valence-electron chi connectivity index (χ4n) is 2.55. The number of halogens is 1. The van der Waals surface area contributed by atoms with Gasteiger partial charge in [-0.25, -0.2) is 0 Å². The summed E-state index contributed by atoms with van der Waals surface area (Å²) in [6.45, 7) is 6.81. The molecular weight excluding hydrogens is 282 g/mol. The Kier molecular flexibility index (Phi) is 3.93. The minimum Gasteiger partial charge on any atom is -0.369 e. The molecule has 0 aromatic heterocycles. The van der Waals surface area contributed by atoms with E-state index in [1.54, 1.807) is 0 Å². The average Bonchev–Trinajstić information content (AvgIpc) is 2.25. The van der Waals surface area contributed by atoms with E-state index in [4.69, 9.17) is 24.9 Å². The van der Waals surface area contributed by atoms with E-state index in [0.29, 0.717) is 24.8 Å². The number of nitrogens with zero attached hydrogens (tertiary/aromatic N) is 1. The molecule has 3 aliphatic rings. The predicted molar refractivity (Wildman–Crippen MR) is 75.9 cm³/mol. The van der Waals surface area contributed by atoms with Gasteiger partial charge in [0.25, 0.3) is 0 Å². The zero-order valence-corrected chi connectivity index (χ0v) is 12.8. The molecule has 104 valence electrons. The van der Waals surface area contributed by atoms with Crippen molar-refractivity contribution in [2.45, 2.75) is 6.92 Å². The summed E-state index contributed by atoms with van der Waals surface area (Å²) in [7, 11) is -2.78. The van der Waals surface area contributed by atoms with Crippen LogP contribution in [-0.4, -0.2) is 53.2 Å². The average molecular weight is 300 g/mol. The van der Waals surface area contributed by atoms with Crippen LogP contribution >= 0.6 is 11.6 Å². The maximum Gasteiger partial charge on any atom is 0.537 e. The number of hydrogen-bond donors (Lipinski definition) is 0. The van der Waals surface area contributed by atoms with Gasteiger partial charge in [0.2, 0.25) is 0 Å². The van der Waals surface area contributed by atoms with Gasteiger partial charge in [0.1, 0.15) is 0 Å². The number of rotatable bonds is 1. The Hall–Kier alpha value is -0.433. The molecule has 4 rings (SSSR count). The smallest absolute Gasteiger partial charge is 0.369 e. The zero-order valence-electron chi connectivity index (χ0n) is 11.0. The quantitative estimate of drug-likeness (QED) is 0.729. The van der Waals surface area contributed by atoms with Crippen molar-refractivity contribution in [1.29, 1.82) is 0 Å². The molecule has 1 aromatic rings. The third-order valence-electron chi connectivity index (χ3n) is 3.49. The maximum absolute atomic E-state index is 6.16. The summed E-state index contributed by atoms with van der Waals surface area (Å²) in [6, 6.07) is 5.92. The summed E-state index contributed by atoms with van der Waals surface area (Å²) in [5.74, 6) is 0. The highest BCUT2D eigenvalue weighted by Gasteiger charge is 2.46. The van der Waals surface area contributed by atoms with Gasteiger partial charge in [0.05, 0.1) is 19.8 Å². The molecule has 19 heavy (non-hydrogen) atoms. The van der Waals surface area contributed by atoms with Crippen molar-refractivity contribution in [1.82, 2.24) is 4.90 Å². The Morgan fingerprint density at radius 3 is 2.11 bits per heavy atom. The van der Waals surface area contributed by atoms with Gasteiger partial charge in [0.15, 0.2) is 0 Å². The van der Waals surface area contributed by atoms with Crippen LogP contribution in [0.25, 0.3) is 0 Å². The molecule has 3 fully saturated rings. The highest BCUT2D eigenvalue weighted by atomic mass is 35.5. The van der Waals surface area contributed by atoms with Gasteiger partial charge >= 0.3 is 8.80 Å². The summed E-state index contributed by atoms with van der Waals surface area (Å²) in [6.07, 6.45) is 0. The van der Waals surface area contributed by atoms with Gasteiger partial charge in [-0.1, -0.05) is 17.7 Å². The van der Waals surface area contributed by atoms with Crippen molar-refractivity contribution < 1.29 is 13.3 Å².